The first-order chi connectivity index (χ1) is 8.58. The van der Waals surface area contributed by atoms with Crippen LogP contribution in [-0.2, 0) is 0 Å². The van der Waals surface area contributed by atoms with E-state index in [-0.39, 0.29) is 11.9 Å². The zero-order valence-electron chi connectivity index (χ0n) is 11.0. The highest BCUT2D eigenvalue weighted by atomic mass is 16.5. The van der Waals surface area contributed by atoms with E-state index in [2.05, 4.69) is 5.32 Å². The summed E-state index contributed by atoms with van der Waals surface area (Å²) in [5, 5.41) is 2.80. The predicted molar refractivity (Wildman–Crippen MR) is 70.1 cm³/mol. The molecule has 5 heteroatoms. The molecule has 1 aromatic carbocycles. The number of nitrogens with one attached hydrogen (secondary N) is 1. The summed E-state index contributed by atoms with van der Waals surface area (Å²) >= 11 is 0. The largest absolute Gasteiger partial charge is 0.497 e. The van der Waals surface area contributed by atoms with E-state index in [0.29, 0.717) is 23.6 Å². The molecule has 0 spiro atoms. The van der Waals surface area contributed by atoms with Crippen molar-refractivity contribution in [1.29, 1.82) is 0 Å². The molecular weight excluding hydrogens is 232 g/mol. The molecular formula is C13H20N2O3. The normalized spacial score (nSPS) is 11.8. The van der Waals surface area contributed by atoms with Crippen molar-refractivity contribution in [2.75, 3.05) is 20.8 Å². The lowest BCUT2D eigenvalue weighted by atomic mass is 10.1. The maximum absolute atomic E-state index is 12.0. The first kappa shape index (κ1) is 14.3. The fraction of sp³-hybridized carbons (Fsp3) is 0.462. The van der Waals surface area contributed by atoms with E-state index in [4.69, 9.17) is 15.2 Å². The van der Waals surface area contributed by atoms with Gasteiger partial charge in [-0.1, -0.05) is 0 Å². The minimum absolute atomic E-state index is 0.0671. The van der Waals surface area contributed by atoms with Crippen molar-refractivity contribution in [3.05, 3.63) is 23.8 Å². The van der Waals surface area contributed by atoms with Crippen LogP contribution in [0.1, 0.15) is 23.7 Å². The molecule has 1 aromatic rings. The fourth-order valence-electron chi connectivity index (χ4n) is 1.50. The first-order valence-electron chi connectivity index (χ1n) is 5.84. The number of hydrogen-bond acceptors (Lipinski definition) is 4. The van der Waals surface area contributed by atoms with E-state index in [1.807, 2.05) is 6.92 Å². The van der Waals surface area contributed by atoms with Crippen LogP contribution in [0.4, 0.5) is 0 Å². The Labute approximate surface area is 107 Å². The number of amides is 1. The van der Waals surface area contributed by atoms with E-state index >= 15 is 0 Å². The van der Waals surface area contributed by atoms with Crippen molar-refractivity contribution in [2.45, 2.75) is 19.4 Å². The number of methoxy groups -OCH3 is 2. The van der Waals surface area contributed by atoms with Crippen molar-refractivity contribution >= 4 is 5.91 Å². The quantitative estimate of drug-likeness (QED) is 0.797. The Morgan fingerprint density at radius 2 is 2.11 bits per heavy atom. The molecule has 100 valence electrons. The van der Waals surface area contributed by atoms with Crippen LogP contribution < -0.4 is 20.5 Å². The van der Waals surface area contributed by atoms with Crippen LogP contribution in [0.15, 0.2) is 18.2 Å². The predicted octanol–water partition coefficient (Wildman–Crippen LogP) is 1.17. The van der Waals surface area contributed by atoms with Crippen LogP contribution in [0.3, 0.4) is 0 Å². The second-order valence-electron chi connectivity index (χ2n) is 4.09. The number of hydrogen-bond donors (Lipinski definition) is 2. The molecule has 3 N–H and O–H groups in total. The van der Waals surface area contributed by atoms with Crippen molar-refractivity contribution in [1.82, 2.24) is 5.32 Å². The van der Waals surface area contributed by atoms with Crippen molar-refractivity contribution < 1.29 is 14.3 Å². The second kappa shape index (κ2) is 6.86. The van der Waals surface area contributed by atoms with E-state index < -0.39 is 0 Å². The molecule has 1 rings (SSSR count). The molecule has 0 saturated heterocycles. The van der Waals surface area contributed by atoms with Crippen LogP contribution in [0.5, 0.6) is 11.5 Å². The van der Waals surface area contributed by atoms with Crippen LogP contribution in [-0.4, -0.2) is 32.7 Å². The molecule has 1 amide bonds. The van der Waals surface area contributed by atoms with Crippen LogP contribution in [0.25, 0.3) is 0 Å². The van der Waals surface area contributed by atoms with Crippen LogP contribution >= 0.6 is 0 Å². The third-order valence-corrected chi connectivity index (χ3v) is 2.54. The third-order valence-electron chi connectivity index (χ3n) is 2.54. The summed E-state index contributed by atoms with van der Waals surface area (Å²) in [7, 11) is 3.08. The monoisotopic (exact) mass is 252 g/mol. The average molecular weight is 252 g/mol. The van der Waals surface area contributed by atoms with Crippen LogP contribution in [0, 0.1) is 0 Å². The van der Waals surface area contributed by atoms with Crippen molar-refractivity contribution in [3.63, 3.8) is 0 Å². The van der Waals surface area contributed by atoms with Gasteiger partial charge in [0.1, 0.15) is 11.5 Å². The summed E-state index contributed by atoms with van der Waals surface area (Å²) in [5.74, 6) is 0.952. The van der Waals surface area contributed by atoms with Gasteiger partial charge in [-0.3, -0.25) is 4.79 Å². The highest BCUT2D eigenvalue weighted by molar-refractivity contribution is 5.97. The third kappa shape index (κ3) is 3.92. The summed E-state index contributed by atoms with van der Waals surface area (Å²) in [6.07, 6.45) is 0.734. The minimum Gasteiger partial charge on any atom is -0.497 e. The molecule has 0 aliphatic rings. The maximum Gasteiger partial charge on any atom is 0.255 e. The summed E-state index contributed by atoms with van der Waals surface area (Å²) in [6.45, 7) is 2.44. The van der Waals surface area contributed by atoms with Gasteiger partial charge in [0, 0.05) is 12.6 Å². The zero-order valence-corrected chi connectivity index (χ0v) is 11.0. The summed E-state index contributed by atoms with van der Waals surface area (Å²) in [4.78, 5) is 12.0. The van der Waals surface area contributed by atoms with Crippen molar-refractivity contribution in [2.24, 2.45) is 5.73 Å². The summed E-state index contributed by atoms with van der Waals surface area (Å²) < 4.78 is 10.2. The Bertz CT molecular complexity index is 405. The van der Waals surface area contributed by atoms with Gasteiger partial charge in [-0.15, -0.1) is 0 Å². The van der Waals surface area contributed by atoms with Gasteiger partial charge >= 0.3 is 0 Å². The lowest BCUT2D eigenvalue weighted by molar-refractivity contribution is 0.0949. The van der Waals surface area contributed by atoms with Gasteiger partial charge in [0.15, 0.2) is 0 Å². The van der Waals surface area contributed by atoms with Gasteiger partial charge in [-0.25, -0.2) is 0 Å². The molecule has 0 heterocycles. The lowest BCUT2D eigenvalue weighted by Gasteiger charge is -2.11. The van der Waals surface area contributed by atoms with E-state index in [0.717, 1.165) is 6.42 Å². The maximum atomic E-state index is 12.0. The SMILES string of the molecule is COc1ccc(OC)c(C(=O)NCCC(C)N)c1. The van der Waals surface area contributed by atoms with E-state index in [1.54, 1.807) is 25.3 Å². The molecule has 1 unspecified atom stereocenters. The molecule has 0 aliphatic heterocycles. The van der Waals surface area contributed by atoms with Gasteiger partial charge < -0.3 is 20.5 Å². The number of carbonyl (C=O) groups is 1. The van der Waals surface area contributed by atoms with Gasteiger partial charge in [-0.05, 0) is 31.5 Å². The molecule has 0 radical (unpaired) electrons. The van der Waals surface area contributed by atoms with E-state index in [9.17, 15) is 4.79 Å². The Kier molecular flexibility index (Phi) is 5.45. The van der Waals surface area contributed by atoms with Gasteiger partial charge in [-0.2, -0.15) is 0 Å². The van der Waals surface area contributed by atoms with Crippen molar-refractivity contribution in [3.8, 4) is 11.5 Å². The summed E-state index contributed by atoms with van der Waals surface area (Å²) in [5.41, 5.74) is 6.08. The van der Waals surface area contributed by atoms with E-state index in [1.165, 1.54) is 7.11 Å². The second-order valence-corrected chi connectivity index (χ2v) is 4.09. The number of ether oxygens (including phenoxy) is 2. The standard InChI is InChI=1S/C13H20N2O3/c1-9(14)6-7-15-13(16)11-8-10(17-2)4-5-12(11)18-3/h4-5,8-9H,6-7,14H2,1-3H3,(H,15,16). The minimum atomic E-state index is -0.189. The fourth-order valence-corrected chi connectivity index (χ4v) is 1.50. The first-order valence-corrected chi connectivity index (χ1v) is 5.84. The topological polar surface area (TPSA) is 73.6 Å². The Morgan fingerprint density at radius 1 is 1.39 bits per heavy atom. The Hall–Kier alpha value is -1.75. The molecule has 0 fully saturated rings. The lowest BCUT2D eigenvalue weighted by Crippen LogP contribution is -2.29. The number of benzene rings is 1. The smallest absolute Gasteiger partial charge is 0.255 e. The molecule has 5 nitrogen and oxygen atoms in total. The molecule has 0 aromatic heterocycles. The molecule has 18 heavy (non-hydrogen) atoms. The molecule has 0 bridgehead atoms. The highest BCUT2D eigenvalue weighted by Gasteiger charge is 2.13. The number of carbonyl (C=O) groups excluding carboxylic acids is 1. The van der Waals surface area contributed by atoms with Gasteiger partial charge in [0.05, 0.1) is 19.8 Å². The molecule has 1 atom stereocenters. The number of rotatable bonds is 6. The Morgan fingerprint density at radius 3 is 2.67 bits per heavy atom. The van der Waals surface area contributed by atoms with Crippen LogP contribution in [0.2, 0.25) is 0 Å². The molecule has 0 aliphatic carbocycles. The summed E-state index contributed by atoms with van der Waals surface area (Å²) in [6, 6.07) is 5.18. The molecule has 0 saturated carbocycles. The highest BCUT2D eigenvalue weighted by Crippen LogP contribution is 2.23. The number of nitrogens with two attached hydrogens (primary N) is 1. The average Bonchev–Trinajstić information content (AvgIpc) is 2.37. The van der Waals surface area contributed by atoms with Gasteiger partial charge in [0.25, 0.3) is 5.91 Å². The zero-order chi connectivity index (χ0) is 13.5. The van der Waals surface area contributed by atoms with Gasteiger partial charge in [0.2, 0.25) is 0 Å². The Balaban J connectivity index is 2.76.